The Balaban J connectivity index is 2.00. The van der Waals surface area contributed by atoms with Gasteiger partial charge in [-0.25, -0.2) is 4.79 Å². The fourth-order valence-corrected chi connectivity index (χ4v) is 3.06. The molecule has 0 fully saturated rings. The largest absolute Gasteiger partial charge is 0.504 e. The third kappa shape index (κ3) is 3.56. The summed E-state index contributed by atoms with van der Waals surface area (Å²) in [4.78, 5) is 24.0. The zero-order valence-electron chi connectivity index (χ0n) is 14.4. The van der Waals surface area contributed by atoms with Crippen molar-refractivity contribution in [3.8, 4) is 11.5 Å². The highest BCUT2D eigenvalue weighted by molar-refractivity contribution is 9.10. The molecule has 0 spiro atoms. The molecule has 0 unspecified atom stereocenters. The van der Waals surface area contributed by atoms with Gasteiger partial charge in [-0.15, -0.1) is 0 Å². The molecule has 3 rings (SSSR count). The van der Waals surface area contributed by atoms with E-state index < -0.39 is 5.97 Å². The first kappa shape index (κ1) is 18.7. The number of carboxylic acids is 1. The van der Waals surface area contributed by atoms with Crippen LogP contribution in [0.2, 0.25) is 0 Å². The number of benzene rings is 2. The predicted octanol–water partition coefficient (Wildman–Crippen LogP) is 3.67. The number of phenolic OH excluding ortho intramolecular Hbond substituents is 1. The fraction of sp³-hybridized carbons (Fsp3) is 0.105. The van der Waals surface area contributed by atoms with Crippen molar-refractivity contribution in [3.63, 3.8) is 0 Å². The highest BCUT2D eigenvalue weighted by atomic mass is 79.9. The maximum absolute atomic E-state index is 12.8. The monoisotopic (exact) mass is 430 g/mol. The standard InChI is InChI=1S/C19H15BrN2O5/c1-10-14(7-12-8-17(27-2)16(23)9-15(12)20)18(24)22(21-10)13-5-3-4-11(6-13)19(25)26/h3-9,23H,1-2H3,(H,25,26)/b14-7+. The Morgan fingerprint density at radius 1 is 1.30 bits per heavy atom. The van der Waals surface area contributed by atoms with Gasteiger partial charge in [0.1, 0.15) is 0 Å². The van der Waals surface area contributed by atoms with Crippen molar-refractivity contribution >= 4 is 45.3 Å². The van der Waals surface area contributed by atoms with Crippen molar-refractivity contribution in [2.24, 2.45) is 5.10 Å². The first-order valence-electron chi connectivity index (χ1n) is 7.83. The molecule has 1 amide bonds. The summed E-state index contributed by atoms with van der Waals surface area (Å²) in [7, 11) is 1.44. The Bertz CT molecular complexity index is 1010. The van der Waals surface area contributed by atoms with Crippen molar-refractivity contribution in [2.45, 2.75) is 6.92 Å². The first-order chi connectivity index (χ1) is 12.8. The number of methoxy groups -OCH3 is 1. The Morgan fingerprint density at radius 2 is 2.04 bits per heavy atom. The molecule has 2 aromatic rings. The summed E-state index contributed by atoms with van der Waals surface area (Å²) in [5.74, 6) is -1.22. The lowest BCUT2D eigenvalue weighted by Gasteiger charge is -2.12. The number of amides is 1. The van der Waals surface area contributed by atoms with Gasteiger partial charge in [0, 0.05) is 4.47 Å². The highest BCUT2D eigenvalue weighted by Crippen LogP contribution is 2.34. The van der Waals surface area contributed by atoms with Crippen LogP contribution in [-0.4, -0.2) is 34.9 Å². The van der Waals surface area contributed by atoms with Gasteiger partial charge in [0.25, 0.3) is 5.91 Å². The molecule has 1 heterocycles. The molecule has 1 aliphatic rings. The maximum Gasteiger partial charge on any atom is 0.335 e. The summed E-state index contributed by atoms with van der Waals surface area (Å²) in [5, 5.41) is 24.4. The van der Waals surface area contributed by atoms with E-state index in [4.69, 9.17) is 9.84 Å². The van der Waals surface area contributed by atoms with Gasteiger partial charge in [0.2, 0.25) is 0 Å². The minimum Gasteiger partial charge on any atom is -0.504 e. The van der Waals surface area contributed by atoms with Gasteiger partial charge in [-0.3, -0.25) is 4.79 Å². The molecule has 0 saturated heterocycles. The van der Waals surface area contributed by atoms with E-state index in [1.165, 1.54) is 30.3 Å². The third-order valence-corrected chi connectivity index (χ3v) is 4.69. The number of hydrogen-bond donors (Lipinski definition) is 2. The number of aromatic hydroxyl groups is 1. The van der Waals surface area contributed by atoms with E-state index >= 15 is 0 Å². The van der Waals surface area contributed by atoms with Gasteiger partial charge in [0.05, 0.1) is 29.6 Å². The summed E-state index contributed by atoms with van der Waals surface area (Å²) >= 11 is 3.35. The number of carboxylic acid groups (broad SMARTS) is 1. The number of aromatic carboxylic acids is 1. The molecule has 0 bridgehead atoms. The predicted molar refractivity (Wildman–Crippen MR) is 104 cm³/mol. The lowest BCUT2D eigenvalue weighted by molar-refractivity contribution is -0.114. The minimum atomic E-state index is -1.08. The minimum absolute atomic E-state index is 0.0261. The number of ether oxygens (including phenoxy) is 1. The van der Waals surface area contributed by atoms with Crippen LogP contribution < -0.4 is 9.75 Å². The molecule has 0 radical (unpaired) electrons. The molecule has 0 aromatic heterocycles. The van der Waals surface area contributed by atoms with Crippen LogP contribution in [-0.2, 0) is 4.79 Å². The lowest BCUT2D eigenvalue weighted by Crippen LogP contribution is -2.21. The second-order valence-corrected chi connectivity index (χ2v) is 6.62. The van der Waals surface area contributed by atoms with Crippen LogP contribution in [0, 0.1) is 0 Å². The number of hydrogen-bond acceptors (Lipinski definition) is 5. The summed E-state index contributed by atoms with van der Waals surface area (Å²) in [6.07, 6.45) is 1.63. The molecule has 0 saturated carbocycles. The SMILES string of the molecule is COc1cc(/C=C2/C(=O)N(c3cccc(C(=O)O)c3)N=C2C)c(Br)cc1O. The molecule has 2 N–H and O–H groups in total. The van der Waals surface area contributed by atoms with Gasteiger partial charge in [-0.2, -0.15) is 10.1 Å². The van der Waals surface area contributed by atoms with Crippen molar-refractivity contribution in [2.75, 3.05) is 12.1 Å². The molecule has 27 heavy (non-hydrogen) atoms. The van der Waals surface area contributed by atoms with Crippen LogP contribution in [0.5, 0.6) is 11.5 Å². The van der Waals surface area contributed by atoms with E-state index in [0.717, 1.165) is 0 Å². The molecule has 0 atom stereocenters. The van der Waals surface area contributed by atoms with Crippen LogP contribution in [0.15, 0.2) is 51.5 Å². The highest BCUT2D eigenvalue weighted by Gasteiger charge is 2.29. The van der Waals surface area contributed by atoms with Crippen LogP contribution in [0.1, 0.15) is 22.8 Å². The Morgan fingerprint density at radius 3 is 2.70 bits per heavy atom. The van der Waals surface area contributed by atoms with Gasteiger partial charge < -0.3 is 14.9 Å². The van der Waals surface area contributed by atoms with E-state index in [9.17, 15) is 14.7 Å². The average molecular weight is 431 g/mol. The number of hydrazone groups is 1. The first-order valence-corrected chi connectivity index (χ1v) is 8.62. The van der Waals surface area contributed by atoms with Crippen molar-refractivity contribution in [1.82, 2.24) is 0 Å². The number of nitrogens with zero attached hydrogens (tertiary/aromatic N) is 2. The molecule has 2 aromatic carbocycles. The van der Waals surface area contributed by atoms with Crippen LogP contribution >= 0.6 is 15.9 Å². The van der Waals surface area contributed by atoms with Crippen LogP contribution in [0.3, 0.4) is 0 Å². The topological polar surface area (TPSA) is 99.4 Å². The molecular weight excluding hydrogens is 416 g/mol. The summed E-state index contributed by atoms with van der Waals surface area (Å²) in [6.45, 7) is 1.69. The number of carbonyl (C=O) groups excluding carboxylic acids is 1. The van der Waals surface area contributed by atoms with E-state index in [-0.39, 0.29) is 23.0 Å². The molecule has 138 valence electrons. The third-order valence-electron chi connectivity index (χ3n) is 4.00. The number of rotatable bonds is 4. The lowest BCUT2D eigenvalue weighted by atomic mass is 10.1. The van der Waals surface area contributed by atoms with E-state index in [1.54, 1.807) is 31.2 Å². The fourth-order valence-electron chi connectivity index (χ4n) is 2.62. The number of halogens is 1. The van der Waals surface area contributed by atoms with Gasteiger partial charge in [-0.1, -0.05) is 22.0 Å². The molecular formula is C19H15BrN2O5. The van der Waals surface area contributed by atoms with Gasteiger partial charge in [0.15, 0.2) is 11.5 Å². The molecule has 7 nitrogen and oxygen atoms in total. The molecule has 0 aliphatic carbocycles. The second-order valence-electron chi connectivity index (χ2n) is 5.76. The Hall–Kier alpha value is -3.13. The molecule has 1 aliphatic heterocycles. The average Bonchev–Trinajstić information content (AvgIpc) is 2.92. The van der Waals surface area contributed by atoms with Gasteiger partial charge >= 0.3 is 5.97 Å². The molecule has 8 heteroatoms. The smallest absolute Gasteiger partial charge is 0.335 e. The normalized spacial score (nSPS) is 15.2. The summed E-state index contributed by atoms with van der Waals surface area (Å²) in [5.41, 5.74) is 1.90. The zero-order chi connectivity index (χ0) is 19.7. The summed E-state index contributed by atoms with van der Waals surface area (Å²) in [6, 6.07) is 9.08. The van der Waals surface area contributed by atoms with E-state index in [2.05, 4.69) is 21.0 Å². The van der Waals surface area contributed by atoms with Gasteiger partial charge in [-0.05, 0) is 48.9 Å². The van der Waals surface area contributed by atoms with Crippen LogP contribution in [0.25, 0.3) is 6.08 Å². The summed E-state index contributed by atoms with van der Waals surface area (Å²) < 4.78 is 5.69. The second kappa shape index (κ2) is 7.24. The quantitative estimate of drug-likeness (QED) is 0.720. The number of anilines is 1. The maximum atomic E-state index is 12.8. The number of phenols is 1. The Labute approximate surface area is 163 Å². The van der Waals surface area contributed by atoms with Crippen LogP contribution in [0.4, 0.5) is 5.69 Å². The zero-order valence-corrected chi connectivity index (χ0v) is 16.0. The van der Waals surface area contributed by atoms with E-state index in [1.807, 2.05) is 0 Å². The van der Waals surface area contributed by atoms with Crippen molar-refractivity contribution in [3.05, 3.63) is 57.6 Å². The van der Waals surface area contributed by atoms with Crippen molar-refractivity contribution in [1.29, 1.82) is 0 Å². The Kier molecular flexibility index (Phi) is 5.00. The number of carbonyl (C=O) groups is 2. The van der Waals surface area contributed by atoms with Crippen molar-refractivity contribution < 1.29 is 24.5 Å². The van der Waals surface area contributed by atoms with E-state index in [0.29, 0.717) is 27.0 Å².